The topological polar surface area (TPSA) is 84.4 Å². The quantitative estimate of drug-likeness (QED) is 0.268. The predicted octanol–water partition coefficient (Wildman–Crippen LogP) is 7.65. The summed E-state index contributed by atoms with van der Waals surface area (Å²) in [6, 6.07) is 13.3. The van der Waals surface area contributed by atoms with Gasteiger partial charge in [-0.25, -0.2) is 14.8 Å². The molecule has 7 nitrogen and oxygen atoms in total. The fourth-order valence-corrected chi connectivity index (χ4v) is 5.48. The number of nitrogens with one attached hydrogen (secondary N) is 1. The first-order chi connectivity index (χ1) is 19.4. The molecule has 1 aliphatic heterocycles. The smallest absolute Gasteiger partial charge is 0.416 e. The van der Waals surface area contributed by atoms with Gasteiger partial charge < -0.3 is 15.0 Å². The van der Waals surface area contributed by atoms with Crippen LogP contribution >= 0.6 is 11.3 Å². The number of benzene rings is 2. The van der Waals surface area contributed by atoms with Crippen LogP contribution in [0.5, 0.6) is 0 Å². The summed E-state index contributed by atoms with van der Waals surface area (Å²) in [5, 5.41) is 3.52. The summed E-state index contributed by atoms with van der Waals surface area (Å²) in [4.78, 5) is 37.6. The molecule has 0 saturated carbocycles. The van der Waals surface area contributed by atoms with Crippen LogP contribution in [0.4, 0.5) is 23.7 Å². The second-order valence-corrected chi connectivity index (χ2v) is 11.6. The summed E-state index contributed by atoms with van der Waals surface area (Å²) in [6.45, 7) is 6.51. The maximum Gasteiger partial charge on any atom is 0.416 e. The Labute approximate surface area is 238 Å². The van der Waals surface area contributed by atoms with Gasteiger partial charge in [0.2, 0.25) is 0 Å². The highest BCUT2D eigenvalue weighted by molar-refractivity contribution is 7.19. The summed E-state index contributed by atoms with van der Waals surface area (Å²) in [5.74, 6) is -0.649. The monoisotopic (exact) mass is 580 g/mol. The fraction of sp³-hybridized carbons (Fsp3) is 0.267. The molecule has 11 heteroatoms. The number of halogens is 3. The van der Waals surface area contributed by atoms with Crippen molar-refractivity contribution in [3.8, 4) is 11.3 Å². The van der Waals surface area contributed by atoms with E-state index in [1.807, 2.05) is 39.0 Å². The minimum absolute atomic E-state index is 0.0943. The number of carbonyl (C=O) groups is 2. The normalized spacial score (nSPS) is 14.1. The van der Waals surface area contributed by atoms with Gasteiger partial charge in [-0.15, -0.1) is 11.3 Å². The third kappa shape index (κ3) is 6.57. The van der Waals surface area contributed by atoms with Gasteiger partial charge in [-0.1, -0.05) is 24.3 Å². The number of fused-ring (bicyclic) bond motifs is 1. The maximum absolute atomic E-state index is 13.1. The molecule has 3 heterocycles. The third-order valence-electron chi connectivity index (χ3n) is 6.35. The van der Waals surface area contributed by atoms with Gasteiger partial charge in [0.1, 0.15) is 16.8 Å². The Morgan fingerprint density at radius 1 is 1.02 bits per heavy atom. The van der Waals surface area contributed by atoms with Crippen molar-refractivity contribution in [1.82, 2.24) is 14.9 Å². The summed E-state index contributed by atoms with van der Waals surface area (Å²) >= 11 is 1.53. The lowest BCUT2D eigenvalue weighted by Gasteiger charge is -2.29. The van der Waals surface area contributed by atoms with Gasteiger partial charge in [0.15, 0.2) is 0 Å². The molecular formula is C30H27F3N4O3S. The summed E-state index contributed by atoms with van der Waals surface area (Å²) in [7, 11) is 0. The average Bonchev–Trinajstić information content (AvgIpc) is 3.37. The van der Waals surface area contributed by atoms with Gasteiger partial charge in [-0.05, 0) is 69.2 Å². The van der Waals surface area contributed by atoms with Crippen LogP contribution in [0.1, 0.15) is 48.0 Å². The molecule has 2 amide bonds. The summed E-state index contributed by atoms with van der Waals surface area (Å²) in [6.07, 6.45) is -0.705. The number of alkyl halides is 3. The van der Waals surface area contributed by atoms with E-state index in [1.54, 1.807) is 23.1 Å². The van der Waals surface area contributed by atoms with Crippen LogP contribution in [0.2, 0.25) is 0 Å². The highest BCUT2D eigenvalue weighted by Crippen LogP contribution is 2.37. The Balaban J connectivity index is 1.36. The fourth-order valence-electron chi connectivity index (χ4n) is 4.41. The number of amides is 2. The third-order valence-corrected chi connectivity index (χ3v) is 7.47. The minimum atomic E-state index is -4.54. The maximum atomic E-state index is 13.1. The first kappa shape index (κ1) is 28.3. The molecule has 1 aliphatic rings. The Morgan fingerprint density at radius 2 is 1.80 bits per heavy atom. The Kier molecular flexibility index (Phi) is 7.56. The van der Waals surface area contributed by atoms with E-state index in [1.165, 1.54) is 29.8 Å². The van der Waals surface area contributed by atoms with Crippen molar-refractivity contribution in [3.05, 3.63) is 83.0 Å². The van der Waals surface area contributed by atoms with Gasteiger partial charge in [-0.3, -0.25) is 4.79 Å². The van der Waals surface area contributed by atoms with Crippen LogP contribution in [0.3, 0.4) is 0 Å². The molecular weight excluding hydrogens is 553 g/mol. The molecule has 4 aromatic rings. The van der Waals surface area contributed by atoms with Gasteiger partial charge in [-0.2, -0.15) is 13.2 Å². The zero-order valence-electron chi connectivity index (χ0n) is 22.6. The number of anilines is 1. The standard InChI is InChI=1S/C30H27F3N4O3S/c1-29(2,3)40-28(39)37-12-10-18(11-13-37)24-16-23-25(34-17-35-27(23)41-24)19-6-5-9-22(15-19)36-26(38)20-7-4-8-21(14-20)30(31,32)33/h4-10,14-17H,11-13H2,1-3H3,(H,36,38). The van der Waals surface area contributed by atoms with Crippen molar-refractivity contribution in [1.29, 1.82) is 0 Å². The van der Waals surface area contributed by atoms with Crippen LogP contribution < -0.4 is 5.32 Å². The first-order valence-corrected chi connectivity index (χ1v) is 13.7. The lowest BCUT2D eigenvalue weighted by atomic mass is 10.0. The minimum Gasteiger partial charge on any atom is -0.444 e. The molecule has 41 heavy (non-hydrogen) atoms. The molecule has 1 N–H and O–H groups in total. The second kappa shape index (κ2) is 11.0. The predicted molar refractivity (Wildman–Crippen MR) is 153 cm³/mol. The Morgan fingerprint density at radius 3 is 2.51 bits per heavy atom. The van der Waals surface area contributed by atoms with E-state index in [-0.39, 0.29) is 11.7 Å². The van der Waals surface area contributed by atoms with E-state index in [2.05, 4.69) is 15.3 Å². The zero-order valence-corrected chi connectivity index (χ0v) is 23.4. The number of thiophene rings is 1. The molecule has 0 spiro atoms. The average molecular weight is 581 g/mol. The molecule has 0 radical (unpaired) electrons. The number of aromatic nitrogens is 2. The number of nitrogens with zero attached hydrogens (tertiary/aromatic N) is 3. The second-order valence-electron chi connectivity index (χ2n) is 10.6. The molecule has 5 rings (SSSR count). The molecule has 2 aromatic heterocycles. The van der Waals surface area contributed by atoms with Crippen LogP contribution in [0.15, 0.2) is 67.0 Å². The van der Waals surface area contributed by atoms with Crippen LogP contribution in [0, 0.1) is 0 Å². The van der Waals surface area contributed by atoms with Gasteiger partial charge >= 0.3 is 12.3 Å². The number of ether oxygens (including phenoxy) is 1. The Hall–Kier alpha value is -4.25. The van der Waals surface area contributed by atoms with Crippen LogP contribution in [0.25, 0.3) is 27.0 Å². The number of rotatable bonds is 4. The molecule has 212 valence electrons. The van der Waals surface area contributed by atoms with E-state index in [4.69, 9.17) is 4.74 Å². The van der Waals surface area contributed by atoms with Crippen molar-refractivity contribution in [2.24, 2.45) is 0 Å². The number of hydrogen-bond acceptors (Lipinski definition) is 6. The van der Waals surface area contributed by atoms with Crippen LogP contribution in [-0.4, -0.2) is 45.6 Å². The lowest BCUT2D eigenvalue weighted by Crippen LogP contribution is -2.39. The van der Waals surface area contributed by atoms with E-state index in [0.29, 0.717) is 30.9 Å². The van der Waals surface area contributed by atoms with Crippen molar-refractivity contribution in [3.63, 3.8) is 0 Å². The van der Waals surface area contributed by atoms with E-state index >= 15 is 0 Å². The van der Waals surface area contributed by atoms with Gasteiger partial charge in [0.25, 0.3) is 5.91 Å². The van der Waals surface area contributed by atoms with Gasteiger partial charge in [0.05, 0.1) is 11.3 Å². The molecule has 0 atom stereocenters. The van der Waals surface area contributed by atoms with Gasteiger partial charge in [0, 0.05) is 40.2 Å². The van der Waals surface area contributed by atoms with E-state index < -0.39 is 23.2 Å². The Bertz CT molecular complexity index is 1660. The molecule has 0 bridgehead atoms. The SMILES string of the molecule is CC(C)(C)OC(=O)N1CC=C(c2cc3c(-c4cccc(NC(=O)c5cccc(C(F)(F)F)c5)c4)ncnc3s2)CC1. The van der Waals surface area contributed by atoms with Crippen molar-refractivity contribution in [2.75, 3.05) is 18.4 Å². The van der Waals surface area contributed by atoms with Crippen molar-refractivity contribution in [2.45, 2.75) is 39.0 Å². The molecule has 0 unspecified atom stereocenters. The molecule has 2 aromatic carbocycles. The number of hydrogen-bond donors (Lipinski definition) is 1. The molecule has 0 fully saturated rings. The molecule has 0 aliphatic carbocycles. The highest BCUT2D eigenvalue weighted by Gasteiger charge is 2.31. The highest BCUT2D eigenvalue weighted by atomic mass is 32.1. The van der Waals surface area contributed by atoms with Crippen molar-refractivity contribution < 1.29 is 27.5 Å². The number of carbonyl (C=O) groups excluding carboxylic acids is 2. The van der Waals surface area contributed by atoms with Crippen LogP contribution in [-0.2, 0) is 10.9 Å². The zero-order chi connectivity index (χ0) is 29.4. The molecule has 0 saturated heterocycles. The summed E-state index contributed by atoms with van der Waals surface area (Å²) < 4.78 is 44.7. The lowest BCUT2D eigenvalue weighted by molar-refractivity contribution is -0.137. The largest absolute Gasteiger partial charge is 0.444 e. The van der Waals surface area contributed by atoms with Crippen molar-refractivity contribution >= 4 is 44.8 Å². The van der Waals surface area contributed by atoms with E-state index in [0.717, 1.165) is 38.4 Å². The van der Waals surface area contributed by atoms with E-state index in [9.17, 15) is 22.8 Å². The first-order valence-electron chi connectivity index (χ1n) is 12.9. The summed E-state index contributed by atoms with van der Waals surface area (Å²) in [5.41, 5.74) is 1.38.